The number of aromatic nitrogens is 1. The van der Waals surface area contributed by atoms with E-state index < -0.39 is 0 Å². The van der Waals surface area contributed by atoms with Crippen molar-refractivity contribution >= 4 is 22.4 Å². The smallest absolute Gasteiger partial charge is 0.228 e. The fraction of sp³-hybridized carbons (Fsp3) is 0.412. The third kappa shape index (κ3) is 4.15. The minimum Gasteiger partial charge on any atom is -0.381 e. The van der Waals surface area contributed by atoms with Gasteiger partial charge in [-0.05, 0) is 50.5 Å². The number of ether oxygens (including phenoxy) is 1. The van der Waals surface area contributed by atoms with Crippen molar-refractivity contribution in [2.24, 2.45) is 0 Å². The molecule has 0 radical (unpaired) electrons. The molecule has 2 rings (SSSR count). The van der Waals surface area contributed by atoms with Crippen LogP contribution < -0.4 is 5.32 Å². The maximum Gasteiger partial charge on any atom is 0.228 e. The summed E-state index contributed by atoms with van der Waals surface area (Å²) in [5, 5.41) is 5.44. The zero-order valence-electron chi connectivity index (χ0n) is 13.5. The standard InChI is InChI=1S/C17H22N2O2S/c1-5-21-7-6-16(20)19-17-18-15(10-22-17)14-9-12(3)11(2)8-13(14)4/h8-10H,5-7H2,1-4H3,(H,18,19,20). The molecule has 118 valence electrons. The van der Waals surface area contributed by atoms with Crippen molar-refractivity contribution in [3.63, 3.8) is 0 Å². The SMILES string of the molecule is CCOCCC(=O)Nc1nc(-c2cc(C)c(C)cc2C)cs1. The van der Waals surface area contributed by atoms with Gasteiger partial charge in [-0.3, -0.25) is 4.79 Å². The molecule has 0 saturated carbocycles. The summed E-state index contributed by atoms with van der Waals surface area (Å²) in [6.07, 6.45) is 0.353. The molecule has 2 aromatic rings. The van der Waals surface area contributed by atoms with Crippen LogP contribution in [0.4, 0.5) is 5.13 Å². The monoisotopic (exact) mass is 318 g/mol. The van der Waals surface area contributed by atoms with Crippen LogP contribution in [0.15, 0.2) is 17.5 Å². The van der Waals surface area contributed by atoms with Crippen LogP contribution in [-0.4, -0.2) is 24.1 Å². The summed E-state index contributed by atoms with van der Waals surface area (Å²) in [7, 11) is 0. The molecule has 0 fully saturated rings. The van der Waals surface area contributed by atoms with Crippen molar-refractivity contribution in [2.75, 3.05) is 18.5 Å². The van der Waals surface area contributed by atoms with Crippen LogP contribution >= 0.6 is 11.3 Å². The van der Waals surface area contributed by atoms with Gasteiger partial charge in [-0.25, -0.2) is 4.98 Å². The number of rotatable bonds is 6. The lowest BCUT2D eigenvalue weighted by atomic mass is 9.99. The normalized spacial score (nSPS) is 10.7. The van der Waals surface area contributed by atoms with Gasteiger partial charge in [0.2, 0.25) is 5.91 Å². The number of nitrogens with one attached hydrogen (secondary N) is 1. The zero-order chi connectivity index (χ0) is 16.1. The molecule has 5 heteroatoms. The molecule has 0 spiro atoms. The number of hydrogen-bond acceptors (Lipinski definition) is 4. The van der Waals surface area contributed by atoms with Gasteiger partial charge in [-0.15, -0.1) is 11.3 Å². The number of carbonyl (C=O) groups is 1. The largest absolute Gasteiger partial charge is 0.381 e. The van der Waals surface area contributed by atoms with Gasteiger partial charge in [0.1, 0.15) is 0 Å². The zero-order valence-corrected chi connectivity index (χ0v) is 14.3. The maximum absolute atomic E-state index is 11.8. The van der Waals surface area contributed by atoms with E-state index in [2.05, 4.69) is 43.2 Å². The highest BCUT2D eigenvalue weighted by molar-refractivity contribution is 7.14. The fourth-order valence-electron chi connectivity index (χ4n) is 2.18. The van der Waals surface area contributed by atoms with Crippen LogP contribution in [0.2, 0.25) is 0 Å². The summed E-state index contributed by atoms with van der Waals surface area (Å²) in [6, 6.07) is 4.32. The summed E-state index contributed by atoms with van der Waals surface area (Å²) in [4.78, 5) is 16.3. The van der Waals surface area contributed by atoms with Gasteiger partial charge in [-0.1, -0.05) is 6.07 Å². The third-order valence-electron chi connectivity index (χ3n) is 3.54. The van der Waals surface area contributed by atoms with Gasteiger partial charge in [0, 0.05) is 17.6 Å². The first kappa shape index (κ1) is 16.6. The van der Waals surface area contributed by atoms with Crippen LogP contribution in [0.25, 0.3) is 11.3 Å². The minimum atomic E-state index is -0.0637. The molecular weight excluding hydrogens is 296 g/mol. The van der Waals surface area contributed by atoms with Gasteiger partial charge in [0.05, 0.1) is 18.7 Å². The average molecular weight is 318 g/mol. The van der Waals surface area contributed by atoms with E-state index in [-0.39, 0.29) is 5.91 Å². The Hall–Kier alpha value is -1.72. The van der Waals surface area contributed by atoms with Crippen LogP contribution in [0.3, 0.4) is 0 Å². The second-order valence-corrected chi connectivity index (χ2v) is 6.14. The first-order chi connectivity index (χ1) is 10.5. The van der Waals surface area contributed by atoms with Gasteiger partial charge in [-0.2, -0.15) is 0 Å². The molecule has 1 aromatic heterocycles. The Balaban J connectivity index is 2.08. The van der Waals surface area contributed by atoms with Gasteiger partial charge < -0.3 is 10.1 Å². The molecule has 0 bridgehead atoms. The van der Waals surface area contributed by atoms with E-state index in [9.17, 15) is 4.79 Å². The van der Waals surface area contributed by atoms with Crippen molar-refractivity contribution < 1.29 is 9.53 Å². The number of hydrogen-bond donors (Lipinski definition) is 1. The molecule has 1 amide bonds. The number of nitrogens with zero attached hydrogens (tertiary/aromatic N) is 1. The van der Waals surface area contributed by atoms with E-state index in [1.165, 1.54) is 28.0 Å². The van der Waals surface area contributed by atoms with E-state index in [4.69, 9.17) is 4.74 Å². The lowest BCUT2D eigenvalue weighted by molar-refractivity contribution is -0.117. The first-order valence-electron chi connectivity index (χ1n) is 7.42. The number of aryl methyl sites for hydroxylation is 3. The Morgan fingerprint density at radius 1 is 1.23 bits per heavy atom. The molecule has 22 heavy (non-hydrogen) atoms. The summed E-state index contributed by atoms with van der Waals surface area (Å²) in [6.45, 7) is 9.27. The second-order valence-electron chi connectivity index (χ2n) is 5.28. The predicted octanol–water partition coefficient (Wildman–Crippen LogP) is 4.10. The molecule has 0 saturated heterocycles. The lowest BCUT2D eigenvalue weighted by Crippen LogP contribution is -2.13. The van der Waals surface area contributed by atoms with E-state index in [1.807, 2.05) is 12.3 Å². The van der Waals surface area contributed by atoms with Crippen LogP contribution in [0.1, 0.15) is 30.0 Å². The summed E-state index contributed by atoms with van der Waals surface area (Å²) < 4.78 is 5.18. The molecule has 1 heterocycles. The Morgan fingerprint density at radius 3 is 2.68 bits per heavy atom. The molecular formula is C17H22N2O2S. The Bertz CT molecular complexity index is 665. The number of anilines is 1. The van der Waals surface area contributed by atoms with Crippen LogP contribution in [-0.2, 0) is 9.53 Å². The Labute approximate surface area is 135 Å². The minimum absolute atomic E-state index is 0.0637. The van der Waals surface area contributed by atoms with E-state index in [0.717, 1.165) is 11.3 Å². The van der Waals surface area contributed by atoms with E-state index in [1.54, 1.807) is 0 Å². The highest BCUT2D eigenvalue weighted by atomic mass is 32.1. The van der Waals surface area contributed by atoms with E-state index >= 15 is 0 Å². The molecule has 0 aliphatic carbocycles. The number of thiazole rings is 1. The fourth-order valence-corrected chi connectivity index (χ4v) is 2.91. The molecule has 4 nitrogen and oxygen atoms in total. The van der Waals surface area contributed by atoms with Crippen molar-refractivity contribution in [1.29, 1.82) is 0 Å². The van der Waals surface area contributed by atoms with Crippen LogP contribution in [0.5, 0.6) is 0 Å². The summed E-state index contributed by atoms with van der Waals surface area (Å²) >= 11 is 1.45. The molecule has 1 aromatic carbocycles. The number of carbonyl (C=O) groups excluding carboxylic acids is 1. The van der Waals surface area contributed by atoms with Gasteiger partial charge in [0.15, 0.2) is 5.13 Å². The lowest BCUT2D eigenvalue weighted by Gasteiger charge is -2.07. The second kappa shape index (κ2) is 7.51. The first-order valence-corrected chi connectivity index (χ1v) is 8.30. The average Bonchev–Trinajstić information content (AvgIpc) is 2.91. The number of amides is 1. The Kier molecular flexibility index (Phi) is 5.69. The quantitative estimate of drug-likeness (QED) is 0.816. The highest BCUT2D eigenvalue weighted by Crippen LogP contribution is 2.29. The molecule has 0 aliphatic heterocycles. The predicted molar refractivity (Wildman–Crippen MR) is 91.5 cm³/mol. The summed E-state index contributed by atoms with van der Waals surface area (Å²) in [5.74, 6) is -0.0637. The molecule has 0 aliphatic rings. The topological polar surface area (TPSA) is 51.2 Å². The van der Waals surface area contributed by atoms with Crippen molar-refractivity contribution in [3.8, 4) is 11.3 Å². The molecule has 0 atom stereocenters. The van der Waals surface area contributed by atoms with Crippen molar-refractivity contribution in [2.45, 2.75) is 34.1 Å². The highest BCUT2D eigenvalue weighted by Gasteiger charge is 2.10. The summed E-state index contributed by atoms with van der Waals surface area (Å²) in [5.41, 5.74) is 5.75. The van der Waals surface area contributed by atoms with Gasteiger partial charge >= 0.3 is 0 Å². The third-order valence-corrected chi connectivity index (χ3v) is 4.30. The van der Waals surface area contributed by atoms with Gasteiger partial charge in [0.25, 0.3) is 0 Å². The maximum atomic E-state index is 11.8. The molecule has 1 N–H and O–H groups in total. The number of benzene rings is 1. The van der Waals surface area contributed by atoms with Crippen molar-refractivity contribution in [3.05, 3.63) is 34.2 Å². The van der Waals surface area contributed by atoms with Crippen molar-refractivity contribution in [1.82, 2.24) is 4.98 Å². The van der Waals surface area contributed by atoms with E-state index in [0.29, 0.717) is 24.8 Å². The molecule has 0 unspecified atom stereocenters. The van der Waals surface area contributed by atoms with Crippen LogP contribution in [0, 0.1) is 20.8 Å². The Morgan fingerprint density at radius 2 is 1.95 bits per heavy atom.